The molecule has 6 nitrogen and oxygen atoms in total. The van der Waals surface area contributed by atoms with Gasteiger partial charge in [-0.25, -0.2) is 4.98 Å². The molecule has 23 heavy (non-hydrogen) atoms. The van der Waals surface area contributed by atoms with E-state index in [0.29, 0.717) is 30.3 Å². The molecule has 2 aromatic rings. The molecule has 2 unspecified atom stereocenters. The Bertz CT molecular complexity index is 723. The molecule has 2 atom stereocenters. The van der Waals surface area contributed by atoms with Gasteiger partial charge >= 0.3 is 5.97 Å². The van der Waals surface area contributed by atoms with Crippen molar-refractivity contribution in [3.05, 3.63) is 28.3 Å². The smallest absolute Gasteiger partial charge is 0.308 e. The molecule has 0 bridgehead atoms. The number of carbonyl (C=O) groups excluding carboxylic acids is 1. The molecule has 2 aromatic heterocycles. The van der Waals surface area contributed by atoms with Gasteiger partial charge in [0.05, 0.1) is 18.0 Å². The fraction of sp³-hybridized carbons (Fsp3) is 0.438. The van der Waals surface area contributed by atoms with Gasteiger partial charge < -0.3 is 14.4 Å². The van der Waals surface area contributed by atoms with Gasteiger partial charge in [0.15, 0.2) is 0 Å². The number of nitrogens with zero attached hydrogens (tertiary/aromatic N) is 2. The molecule has 0 radical (unpaired) electrons. The second-order valence-corrected chi connectivity index (χ2v) is 6.55. The topological polar surface area (TPSA) is 83.6 Å². The van der Waals surface area contributed by atoms with E-state index in [-0.39, 0.29) is 18.4 Å². The Hall–Kier alpha value is -2.15. The van der Waals surface area contributed by atoms with Crippen LogP contribution in [-0.2, 0) is 16.0 Å². The number of aryl methyl sites for hydroxylation is 1. The van der Waals surface area contributed by atoms with Crippen molar-refractivity contribution in [1.29, 1.82) is 0 Å². The molecule has 1 aliphatic rings. The lowest BCUT2D eigenvalue weighted by Gasteiger charge is -2.23. The summed E-state index contributed by atoms with van der Waals surface area (Å²) in [6, 6.07) is 1.63. The van der Waals surface area contributed by atoms with E-state index in [4.69, 9.17) is 9.52 Å². The summed E-state index contributed by atoms with van der Waals surface area (Å²) in [7, 11) is 0. The number of carboxylic acids is 1. The van der Waals surface area contributed by atoms with E-state index in [1.54, 1.807) is 30.1 Å². The van der Waals surface area contributed by atoms with Crippen molar-refractivity contribution in [2.75, 3.05) is 6.54 Å². The standard InChI is InChI=1S/C16H18N2O4S/c1-9-12(16(20)21)3-5-18(9)14(19)7-13-10(2)22-15(17-13)11-4-6-23-8-11/h4,6,8-9,12H,3,5,7H2,1-2H3,(H,20,21). The molecule has 0 aromatic carbocycles. The predicted molar refractivity (Wildman–Crippen MR) is 85.2 cm³/mol. The second kappa shape index (κ2) is 6.16. The zero-order chi connectivity index (χ0) is 16.6. The average Bonchev–Trinajstić information content (AvgIpc) is 3.19. The van der Waals surface area contributed by atoms with E-state index >= 15 is 0 Å². The molecule has 1 N–H and O–H groups in total. The number of carbonyl (C=O) groups is 2. The third-order valence-electron chi connectivity index (χ3n) is 4.37. The van der Waals surface area contributed by atoms with Gasteiger partial charge in [0.1, 0.15) is 5.76 Å². The molecule has 3 heterocycles. The number of hydrogen-bond acceptors (Lipinski definition) is 5. The number of amides is 1. The van der Waals surface area contributed by atoms with Gasteiger partial charge in [-0.1, -0.05) is 0 Å². The maximum absolute atomic E-state index is 12.5. The number of oxazole rings is 1. The molecule has 122 valence electrons. The van der Waals surface area contributed by atoms with Gasteiger partial charge in [0.2, 0.25) is 11.8 Å². The highest BCUT2D eigenvalue weighted by Crippen LogP contribution is 2.27. The predicted octanol–water partition coefficient (Wildman–Crippen LogP) is 2.58. The molecule has 1 amide bonds. The van der Waals surface area contributed by atoms with Crippen molar-refractivity contribution in [2.24, 2.45) is 5.92 Å². The monoisotopic (exact) mass is 334 g/mol. The van der Waals surface area contributed by atoms with E-state index in [1.807, 2.05) is 16.8 Å². The van der Waals surface area contributed by atoms with E-state index in [1.165, 1.54) is 0 Å². The maximum atomic E-state index is 12.5. The van der Waals surface area contributed by atoms with Gasteiger partial charge in [0, 0.05) is 23.5 Å². The molecule has 1 fully saturated rings. The first-order chi connectivity index (χ1) is 11.0. The van der Waals surface area contributed by atoms with Gasteiger partial charge in [-0.3, -0.25) is 9.59 Å². The molecule has 7 heteroatoms. The van der Waals surface area contributed by atoms with Crippen LogP contribution in [0.3, 0.4) is 0 Å². The highest BCUT2D eigenvalue weighted by atomic mass is 32.1. The Morgan fingerprint density at radius 1 is 1.52 bits per heavy atom. The zero-order valence-electron chi connectivity index (χ0n) is 13.0. The van der Waals surface area contributed by atoms with Crippen molar-refractivity contribution < 1.29 is 19.1 Å². The first-order valence-corrected chi connectivity index (χ1v) is 8.42. The minimum atomic E-state index is -0.842. The van der Waals surface area contributed by atoms with E-state index in [2.05, 4.69) is 4.98 Å². The minimum Gasteiger partial charge on any atom is -0.481 e. The van der Waals surface area contributed by atoms with Crippen LogP contribution in [-0.4, -0.2) is 39.5 Å². The van der Waals surface area contributed by atoms with Crippen LogP contribution in [0, 0.1) is 12.8 Å². The van der Waals surface area contributed by atoms with Crippen LogP contribution in [0.5, 0.6) is 0 Å². The molecule has 0 spiro atoms. The highest BCUT2D eigenvalue weighted by Gasteiger charge is 2.38. The summed E-state index contributed by atoms with van der Waals surface area (Å²) in [5.41, 5.74) is 1.51. The SMILES string of the molecule is Cc1oc(-c2ccsc2)nc1CC(=O)N1CCC(C(=O)O)C1C. The van der Waals surface area contributed by atoms with E-state index in [0.717, 1.165) is 5.56 Å². The number of hydrogen-bond donors (Lipinski definition) is 1. The summed E-state index contributed by atoms with van der Waals surface area (Å²) >= 11 is 1.56. The van der Waals surface area contributed by atoms with Crippen molar-refractivity contribution >= 4 is 23.2 Å². The lowest BCUT2D eigenvalue weighted by molar-refractivity contribution is -0.143. The fourth-order valence-electron chi connectivity index (χ4n) is 2.97. The van der Waals surface area contributed by atoms with Crippen molar-refractivity contribution in [1.82, 2.24) is 9.88 Å². The van der Waals surface area contributed by atoms with E-state index < -0.39 is 11.9 Å². The zero-order valence-corrected chi connectivity index (χ0v) is 13.8. The van der Waals surface area contributed by atoms with Crippen LogP contribution in [0.1, 0.15) is 24.8 Å². The van der Waals surface area contributed by atoms with Crippen molar-refractivity contribution in [3.63, 3.8) is 0 Å². The van der Waals surface area contributed by atoms with E-state index in [9.17, 15) is 9.59 Å². The Morgan fingerprint density at radius 2 is 2.30 bits per heavy atom. The van der Waals surface area contributed by atoms with Crippen LogP contribution >= 0.6 is 11.3 Å². The number of rotatable bonds is 4. The molecule has 0 aliphatic carbocycles. The lowest BCUT2D eigenvalue weighted by Crippen LogP contribution is -2.38. The van der Waals surface area contributed by atoms with Crippen LogP contribution in [0.4, 0.5) is 0 Å². The molecular formula is C16H18N2O4S. The first kappa shape index (κ1) is 15.7. The molecule has 1 saturated heterocycles. The second-order valence-electron chi connectivity index (χ2n) is 5.77. The quantitative estimate of drug-likeness (QED) is 0.929. The molecule has 1 aliphatic heterocycles. The van der Waals surface area contributed by atoms with Crippen LogP contribution < -0.4 is 0 Å². The van der Waals surface area contributed by atoms with Gasteiger partial charge in [-0.2, -0.15) is 11.3 Å². The Kier molecular flexibility index (Phi) is 4.21. The Labute approximate surface area is 137 Å². The largest absolute Gasteiger partial charge is 0.481 e. The number of aromatic nitrogens is 1. The normalized spacial score (nSPS) is 20.9. The number of aliphatic carboxylic acids is 1. The molecule has 0 saturated carbocycles. The summed E-state index contributed by atoms with van der Waals surface area (Å²) in [6.07, 6.45) is 0.635. The van der Waals surface area contributed by atoms with Crippen LogP contribution in [0.15, 0.2) is 21.2 Å². The third-order valence-corrected chi connectivity index (χ3v) is 5.06. The first-order valence-electron chi connectivity index (χ1n) is 7.48. The Balaban J connectivity index is 1.73. The van der Waals surface area contributed by atoms with Gasteiger partial charge in [0.25, 0.3) is 0 Å². The summed E-state index contributed by atoms with van der Waals surface area (Å²) < 4.78 is 5.64. The third kappa shape index (κ3) is 3.01. The molecular weight excluding hydrogens is 316 g/mol. The van der Waals surface area contributed by atoms with Gasteiger partial charge in [-0.15, -0.1) is 0 Å². The maximum Gasteiger partial charge on any atom is 0.308 e. The van der Waals surface area contributed by atoms with Crippen molar-refractivity contribution in [2.45, 2.75) is 32.7 Å². The van der Waals surface area contributed by atoms with Crippen molar-refractivity contribution in [3.8, 4) is 11.5 Å². The summed E-state index contributed by atoms with van der Waals surface area (Å²) in [4.78, 5) is 29.7. The fourth-order valence-corrected chi connectivity index (χ4v) is 3.60. The minimum absolute atomic E-state index is 0.102. The number of carboxylic acid groups (broad SMARTS) is 1. The average molecular weight is 334 g/mol. The summed E-state index contributed by atoms with van der Waals surface area (Å²) in [6.45, 7) is 4.06. The Morgan fingerprint density at radius 3 is 2.91 bits per heavy atom. The van der Waals surface area contributed by atoms with Crippen LogP contribution in [0.2, 0.25) is 0 Å². The van der Waals surface area contributed by atoms with Gasteiger partial charge in [-0.05, 0) is 31.7 Å². The lowest BCUT2D eigenvalue weighted by atomic mass is 10.0. The molecule has 3 rings (SSSR count). The highest BCUT2D eigenvalue weighted by molar-refractivity contribution is 7.08. The van der Waals surface area contributed by atoms with Crippen LogP contribution in [0.25, 0.3) is 11.5 Å². The summed E-state index contributed by atoms with van der Waals surface area (Å²) in [5, 5.41) is 13.0. The summed E-state index contributed by atoms with van der Waals surface area (Å²) in [5.74, 6) is -0.288. The number of thiophene rings is 1. The number of likely N-dealkylation sites (tertiary alicyclic amines) is 1.